The number of carbonyl (C=O) groups is 1. The van der Waals surface area contributed by atoms with Crippen LogP contribution in [0.15, 0.2) is 60.9 Å². The molecule has 9 heteroatoms. The van der Waals surface area contributed by atoms with Gasteiger partial charge in [-0.15, -0.1) is 0 Å². The molecule has 144 valence electrons. The number of halogens is 4. The molecule has 0 bridgehead atoms. The Bertz CT molecular complexity index is 957. The predicted molar refractivity (Wildman–Crippen MR) is 95.2 cm³/mol. The van der Waals surface area contributed by atoms with Gasteiger partial charge in [0.25, 0.3) is 5.91 Å². The SMILES string of the molecule is O=C(Nc1cccc(C(F)(F)F)c1)c1cnc(NCc2ccc(F)cc2)cn1. The van der Waals surface area contributed by atoms with Crippen molar-refractivity contribution < 1.29 is 22.4 Å². The molecule has 1 aromatic heterocycles. The number of anilines is 2. The van der Waals surface area contributed by atoms with Crippen LogP contribution in [-0.2, 0) is 12.7 Å². The van der Waals surface area contributed by atoms with E-state index in [1.165, 1.54) is 36.7 Å². The highest BCUT2D eigenvalue weighted by atomic mass is 19.4. The fourth-order valence-electron chi connectivity index (χ4n) is 2.30. The molecule has 0 aliphatic rings. The number of amides is 1. The van der Waals surface area contributed by atoms with E-state index in [9.17, 15) is 22.4 Å². The van der Waals surface area contributed by atoms with Crippen molar-refractivity contribution in [1.82, 2.24) is 9.97 Å². The van der Waals surface area contributed by atoms with E-state index < -0.39 is 17.6 Å². The lowest BCUT2D eigenvalue weighted by molar-refractivity contribution is -0.137. The van der Waals surface area contributed by atoms with Gasteiger partial charge in [-0.3, -0.25) is 4.79 Å². The third-order valence-electron chi connectivity index (χ3n) is 3.72. The van der Waals surface area contributed by atoms with E-state index in [0.29, 0.717) is 12.4 Å². The lowest BCUT2D eigenvalue weighted by Gasteiger charge is -2.10. The van der Waals surface area contributed by atoms with E-state index in [2.05, 4.69) is 20.6 Å². The summed E-state index contributed by atoms with van der Waals surface area (Å²) >= 11 is 0. The number of benzene rings is 2. The highest BCUT2D eigenvalue weighted by Crippen LogP contribution is 2.30. The molecule has 0 radical (unpaired) electrons. The van der Waals surface area contributed by atoms with Gasteiger partial charge in [-0.2, -0.15) is 13.2 Å². The van der Waals surface area contributed by atoms with E-state index in [1.807, 2.05) is 0 Å². The van der Waals surface area contributed by atoms with Crippen molar-refractivity contribution in [1.29, 1.82) is 0 Å². The third-order valence-corrected chi connectivity index (χ3v) is 3.72. The van der Waals surface area contributed by atoms with Gasteiger partial charge in [-0.05, 0) is 35.9 Å². The molecule has 0 saturated carbocycles. The Balaban J connectivity index is 1.61. The Morgan fingerprint density at radius 2 is 1.75 bits per heavy atom. The van der Waals surface area contributed by atoms with E-state index in [1.54, 1.807) is 12.1 Å². The smallest absolute Gasteiger partial charge is 0.365 e. The molecule has 1 heterocycles. The third kappa shape index (κ3) is 5.03. The number of hydrogen-bond acceptors (Lipinski definition) is 4. The van der Waals surface area contributed by atoms with Gasteiger partial charge in [0.15, 0.2) is 0 Å². The van der Waals surface area contributed by atoms with Gasteiger partial charge in [-0.1, -0.05) is 18.2 Å². The normalized spacial score (nSPS) is 11.1. The summed E-state index contributed by atoms with van der Waals surface area (Å²) in [6, 6.07) is 10.2. The average molecular weight is 390 g/mol. The minimum absolute atomic E-state index is 0.000126. The van der Waals surface area contributed by atoms with Crippen molar-refractivity contribution in [3.8, 4) is 0 Å². The van der Waals surface area contributed by atoms with Crippen molar-refractivity contribution in [2.24, 2.45) is 0 Å². The molecule has 2 N–H and O–H groups in total. The first-order valence-electron chi connectivity index (χ1n) is 8.10. The van der Waals surface area contributed by atoms with Gasteiger partial charge < -0.3 is 10.6 Å². The summed E-state index contributed by atoms with van der Waals surface area (Å²) in [5.41, 5.74) is -0.0869. The number of alkyl halides is 3. The van der Waals surface area contributed by atoms with E-state index in [4.69, 9.17) is 0 Å². The first-order chi connectivity index (χ1) is 13.3. The summed E-state index contributed by atoms with van der Waals surface area (Å²) in [5.74, 6) is -0.628. The maximum absolute atomic E-state index is 12.9. The summed E-state index contributed by atoms with van der Waals surface area (Å²) in [6.07, 6.45) is -1.97. The molecule has 0 aliphatic carbocycles. The van der Waals surface area contributed by atoms with Gasteiger partial charge >= 0.3 is 6.18 Å². The van der Waals surface area contributed by atoms with Crippen LogP contribution in [0.1, 0.15) is 21.6 Å². The van der Waals surface area contributed by atoms with Crippen LogP contribution in [0.5, 0.6) is 0 Å². The van der Waals surface area contributed by atoms with E-state index in [0.717, 1.165) is 17.7 Å². The van der Waals surface area contributed by atoms with Crippen molar-refractivity contribution in [2.75, 3.05) is 10.6 Å². The fourth-order valence-corrected chi connectivity index (χ4v) is 2.30. The van der Waals surface area contributed by atoms with Crippen LogP contribution >= 0.6 is 0 Å². The maximum atomic E-state index is 12.9. The zero-order chi connectivity index (χ0) is 20.1. The Kier molecular flexibility index (Phi) is 5.53. The van der Waals surface area contributed by atoms with Crippen LogP contribution in [0.4, 0.5) is 29.1 Å². The molecule has 28 heavy (non-hydrogen) atoms. The molecule has 1 amide bonds. The second kappa shape index (κ2) is 8.03. The Morgan fingerprint density at radius 3 is 2.39 bits per heavy atom. The van der Waals surface area contributed by atoms with Gasteiger partial charge in [0.1, 0.15) is 17.3 Å². The van der Waals surface area contributed by atoms with Gasteiger partial charge in [0.05, 0.1) is 18.0 Å². The van der Waals surface area contributed by atoms with Crippen molar-refractivity contribution in [2.45, 2.75) is 12.7 Å². The number of nitrogens with one attached hydrogen (secondary N) is 2. The summed E-state index contributed by atoms with van der Waals surface area (Å²) in [4.78, 5) is 20.1. The number of rotatable bonds is 5. The molecule has 0 aliphatic heterocycles. The number of aromatic nitrogens is 2. The monoisotopic (exact) mass is 390 g/mol. The highest BCUT2D eigenvalue weighted by molar-refractivity contribution is 6.02. The predicted octanol–water partition coefficient (Wildman–Crippen LogP) is 4.50. The molecule has 0 atom stereocenters. The zero-order valence-corrected chi connectivity index (χ0v) is 14.3. The maximum Gasteiger partial charge on any atom is 0.416 e. The van der Waals surface area contributed by atoms with E-state index >= 15 is 0 Å². The zero-order valence-electron chi connectivity index (χ0n) is 14.3. The van der Waals surface area contributed by atoms with Crippen LogP contribution < -0.4 is 10.6 Å². The number of hydrogen-bond donors (Lipinski definition) is 2. The van der Waals surface area contributed by atoms with Crippen LogP contribution in [0.2, 0.25) is 0 Å². The Morgan fingerprint density at radius 1 is 1.00 bits per heavy atom. The molecule has 0 spiro atoms. The molecular weight excluding hydrogens is 376 g/mol. The van der Waals surface area contributed by atoms with Gasteiger partial charge in [-0.25, -0.2) is 14.4 Å². The molecule has 0 saturated heterocycles. The van der Waals surface area contributed by atoms with Gasteiger partial charge in [0.2, 0.25) is 0 Å². The molecule has 0 unspecified atom stereocenters. The minimum Gasteiger partial charge on any atom is -0.365 e. The fraction of sp³-hybridized carbons (Fsp3) is 0.105. The summed E-state index contributed by atoms with van der Waals surface area (Å²) in [7, 11) is 0. The van der Waals surface area contributed by atoms with Crippen molar-refractivity contribution in [3.63, 3.8) is 0 Å². The Labute approximate surface area is 157 Å². The van der Waals surface area contributed by atoms with Crippen LogP contribution in [0, 0.1) is 5.82 Å². The molecule has 3 aromatic rings. The highest BCUT2D eigenvalue weighted by Gasteiger charge is 2.30. The standard InChI is InChI=1S/C19H14F4N4O/c20-14-6-4-12(5-7-14)9-25-17-11-24-16(10-26-17)18(28)27-15-3-1-2-13(8-15)19(21,22)23/h1-8,10-11H,9H2,(H,25,26)(H,27,28). The lowest BCUT2D eigenvalue weighted by atomic mass is 10.2. The van der Waals surface area contributed by atoms with Crippen molar-refractivity contribution in [3.05, 3.63) is 83.6 Å². The lowest BCUT2D eigenvalue weighted by Crippen LogP contribution is -2.15. The molecular formula is C19H14F4N4O. The number of carbonyl (C=O) groups excluding carboxylic acids is 1. The largest absolute Gasteiger partial charge is 0.416 e. The summed E-state index contributed by atoms with van der Waals surface area (Å²) in [5, 5.41) is 5.32. The topological polar surface area (TPSA) is 66.9 Å². The van der Waals surface area contributed by atoms with E-state index in [-0.39, 0.29) is 17.2 Å². The first kappa shape index (κ1) is 19.3. The second-order valence-corrected chi connectivity index (χ2v) is 5.80. The van der Waals surface area contributed by atoms with Crippen molar-refractivity contribution >= 4 is 17.4 Å². The molecule has 2 aromatic carbocycles. The van der Waals surface area contributed by atoms with Crippen LogP contribution in [0.25, 0.3) is 0 Å². The minimum atomic E-state index is -4.50. The summed E-state index contributed by atoms with van der Waals surface area (Å²) in [6.45, 7) is 0.380. The first-order valence-corrected chi connectivity index (χ1v) is 8.10. The van der Waals surface area contributed by atoms with Crippen LogP contribution in [0.3, 0.4) is 0 Å². The average Bonchev–Trinajstić information content (AvgIpc) is 2.67. The second-order valence-electron chi connectivity index (χ2n) is 5.80. The molecule has 5 nitrogen and oxygen atoms in total. The number of nitrogens with zero attached hydrogens (tertiary/aromatic N) is 2. The Hall–Kier alpha value is -3.49. The molecule has 0 fully saturated rings. The molecule has 3 rings (SSSR count). The van der Waals surface area contributed by atoms with Gasteiger partial charge in [0, 0.05) is 12.2 Å². The quantitative estimate of drug-likeness (QED) is 0.630. The summed E-state index contributed by atoms with van der Waals surface area (Å²) < 4.78 is 51.1. The van der Waals surface area contributed by atoms with Crippen LogP contribution in [-0.4, -0.2) is 15.9 Å².